The van der Waals surface area contributed by atoms with Crippen LogP contribution in [-0.2, 0) is 10.0 Å². The molecule has 9 heteroatoms. The summed E-state index contributed by atoms with van der Waals surface area (Å²) in [6.45, 7) is 2.42. The van der Waals surface area contributed by atoms with E-state index in [0.29, 0.717) is 6.54 Å². The first-order chi connectivity index (χ1) is 7.51. The number of hydrogen-bond donors (Lipinski definition) is 1. The zero-order chi connectivity index (χ0) is 11.8. The molecule has 1 fully saturated rings. The van der Waals surface area contributed by atoms with Crippen molar-refractivity contribution in [1.82, 2.24) is 14.5 Å². The molecule has 1 aromatic heterocycles. The number of rotatable bonds is 2. The molecule has 0 radical (unpaired) electrons. The Kier molecular flexibility index (Phi) is 3.38. The summed E-state index contributed by atoms with van der Waals surface area (Å²) in [7, 11) is -3.51. The monoisotopic (exact) mass is 280 g/mol. The van der Waals surface area contributed by atoms with Crippen molar-refractivity contribution >= 4 is 38.3 Å². The molecule has 1 aromatic rings. The summed E-state index contributed by atoms with van der Waals surface area (Å²) < 4.78 is 25.8. The molecule has 16 heavy (non-hydrogen) atoms. The van der Waals surface area contributed by atoms with Gasteiger partial charge < -0.3 is 5.73 Å². The molecule has 0 bridgehead atoms. The maximum Gasteiger partial charge on any atom is 0.272 e. The molecule has 2 N–H and O–H groups in total. The first-order valence-corrected chi connectivity index (χ1v) is 8.11. The van der Waals surface area contributed by atoms with Gasteiger partial charge in [-0.15, -0.1) is 10.2 Å². The van der Waals surface area contributed by atoms with Gasteiger partial charge in [0.25, 0.3) is 10.0 Å². The minimum Gasteiger partial charge on any atom is -0.374 e. The van der Waals surface area contributed by atoms with Crippen molar-refractivity contribution in [2.45, 2.75) is 17.3 Å². The number of sulfonamides is 1. The fourth-order valence-corrected chi connectivity index (χ4v) is 5.25. The van der Waals surface area contributed by atoms with Crippen molar-refractivity contribution in [2.75, 3.05) is 23.8 Å². The second-order valence-corrected chi connectivity index (χ2v) is 7.67. The molecule has 6 nitrogen and oxygen atoms in total. The molecule has 1 aliphatic rings. The predicted molar refractivity (Wildman–Crippen MR) is 65.0 cm³/mol. The highest BCUT2D eigenvalue weighted by atomic mass is 32.2. The largest absolute Gasteiger partial charge is 0.374 e. The summed E-state index contributed by atoms with van der Waals surface area (Å²) in [5, 5.41) is 7.32. The zero-order valence-electron chi connectivity index (χ0n) is 8.66. The molecule has 2 heterocycles. The van der Waals surface area contributed by atoms with E-state index in [9.17, 15) is 8.42 Å². The van der Waals surface area contributed by atoms with Crippen LogP contribution in [0.1, 0.15) is 6.92 Å². The second-order valence-electron chi connectivity index (χ2n) is 3.45. The average Bonchev–Trinajstić information content (AvgIpc) is 2.66. The van der Waals surface area contributed by atoms with Crippen LogP contribution in [0.3, 0.4) is 0 Å². The summed E-state index contributed by atoms with van der Waals surface area (Å²) in [5.41, 5.74) is 5.40. The average molecular weight is 280 g/mol. The molecule has 1 unspecified atom stereocenters. The van der Waals surface area contributed by atoms with Gasteiger partial charge in [0.2, 0.25) is 9.47 Å². The quantitative estimate of drug-likeness (QED) is 0.835. The molecule has 1 aliphatic heterocycles. The Bertz CT molecular complexity index is 472. The number of thioether (sulfide) groups is 1. The lowest BCUT2D eigenvalue weighted by molar-refractivity contribution is 0.367. The Morgan fingerprint density at radius 1 is 1.50 bits per heavy atom. The lowest BCUT2D eigenvalue weighted by atomic mass is 10.4. The van der Waals surface area contributed by atoms with Crippen molar-refractivity contribution in [3.05, 3.63) is 0 Å². The minimum absolute atomic E-state index is 0.00567. The van der Waals surface area contributed by atoms with E-state index in [2.05, 4.69) is 10.2 Å². The molecule has 2 rings (SSSR count). The van der Waals surface area contributed by atoms with Crippen molar-refractivity contribution in [3.63, 3.8) is 0 Å². The number of nitrogens with zero attached hydrogens (tertiary/aromatic N) is 3. The number of nitrogen functional groups attached to an aromatic ring is 1. The zero-order valence-corrected chi connectivity index (χ0v) is 11.1. The Morgan fingerprint density at radius 2 is 2.25 bits per heavy atom. The van der Waals surface area contributed by atoms with Gasteiger partial charge in [-0.25, -0.2) is 8.42 Å². The van der Waals surface area contributed by atoms with Gasteiger partial charge in [0.05, 0.1) is 0 Å². The van der Waals surface area contributed by atoms with E-state index in [1.54, 1.807) is 11.8 Å². The second kappa shape index (κ2) is 4.47. The molecule has 0 amide bonds. The van der Waals surface area contributed by atoms with E-state index < -0.39 is 10.0 Å². The topological polar surface area (TPSA) is 89.2 Å². The Balaban J connectivity index is 2.31. The molecule has 90 valence electrons. The highest BCUT2D eigenvalue weighted by molar-refractivity contribution is 7.99. The molecule has 1 atom stereocenters. The number of aromatic nitrogens is 2. The van der Waals surface area contributed by atoms with E-state index in [0.717, 1.165) is 22.8 Å². The fraction of sp³-hybridized carbons (Fsp3) is 0.714. The highest BCUT2D eigenvalue weighted by Crippen LogP contribution is 2.26. The summed E-state index contributed by atoms with van der Waals surface area (Å²) in [6.07, 6.45) is 0. The predicted octanol–water partition coefficient (Wildman–Crippen LogP) is 0.246. The Hall–Kier alpha value is -0.380. The Labute approximate surface area is 102 Å². The third kappa shape index (κ3) is 2.17. The third-order valence-corrected chi connectivity index (χ3v) is 6.56. The van der Waals surface area contributed by atoms with Crippen LogP contribution in [0.4, 0.5) is 5.13 Å². The molecule has 0 aromatic carbocycles. The van der Waals surface area contributed by atoms with Gasteiger partial charge in [-0.1, -0.05) is 11.3 Å². The molecule has 1 saturated heterocycles. The lowest BCUT2D eigenvalue weighted by Crippen LogP contribution is -2.44. The molecule has 0 saturated carbocycles. The Morgan fingerprint density at radius 3 is 2.81 bits per heavy atom. The van der Waals surface area contributed by atoms with E-state index >= 15 is 0 Å². The molecular weight excluding hydrogens is 268 g/mol. The maximum absolute atomic E-state index is 12.2. The first-order valence-electron chi connectivity index (χ1n) is 4.70. The van der Waals surface area contributed by atoms with Crippen LogP contribution in [0.15, 0.2) is 4.34 Å². The van der Waals surface area contributed by atoms with Crippen LogP contribution in [0, 0.1) is 0 Å². The van der Waals surface area contributed by atoms with E-state index in [1.165, 1.54) is 4.31 Å². The smallest absolute Gasteiger partial charge is 0.272 e. The standard InChI is InChI=1S/C7H12N4O2S3/c1-5-4-14-3-2-11(5)16(12,13)7-10-9-6(8)15-7/h5H,2-4H2,1H3,(H2,8,9). The number of anilines is 1. The molecule has 0 aliphatic carbocycles. The highest BCUT2D eigenvalue weighted by Gasteiger charge is 2.33. The summed E-state index contributed by atoms with van der Waals surface area (Å²) in [5.74, 6) is 1.63. The van der Waals surface area contributed by atoms with E-state index in [1.807, 2.05) is 6.92 Å². The van der Waals surface area contributed by atoms with E-state index in [4.69, 9.17) is 5.73 Å². The van der Waals surface area contributed by atoms with Crippen molar-refractivity contribution in [3.8, 4) is 0 Å². The van der Waals surface area contributed by atoms with Crippen LogP contribution >= 0.6 is 23.1 Å². The van der Waals surface area contributed by atoms with E-state index in [-0.39, 0.29) is 15.5 Å². The van der Waals surface area contributed by atoms with Gasteiger partial charge in [0.1, 0.15) is 0 Å². The van der Waals surface area contributed by atoms with Gasteiger partial charge in [-0.05, 0) is 6.92 Å². The van der Waals surface area contributed by atoms with Gasteiger partial charge in [0.15, 0.2) is 0 Å². The van der Waals surface area contributed by atoms with Gasteiger partial charge in [0, 0.05) is 24.1 Å². The third-order valence-electron chi connectivity index (χ3n) is 2.26. The fourth-order valence-electron chi connectivity index (χ4n) is 1.49. The normalized spacial score (nSPS) is 23.4. The summed E-state index contributed by atoms with van der Waals surface area (Å²) >= 11 is 2.67. The van der Waals surface area contributed by atoms with Gasteiger partial charge in [-0.3, -0.25) is 0 Å². The van der Waals surface area contributed by atoms with Crippen molar-refractivity contribution < 1.29 is 8.42 Å². The van der Waals surface area contributed by atoms with Gasteiger partial charge >= 0.3 is 0 Å². The maximum atomic E-state index is 12.2. The summed E-state index contributed by atoms with van der Waals surface area (Å²) in [4.78, 5) is 0. The number of nitrogens with two attached hydrogens (primary N) is 1. The van der Waals surface area contributed by atoms with Crippen molar-refractivity contribution in [2.24, 2.45) is 0 Å². The SMILES string of the molecule is CC1CSCCN1S(=O)(=O)c1nnc(N)s1. The van der Waals surface area contributed by atoms with Crippen LogP contribution < -0.4 is 5.73 Å². The first kappa shape index (κ1) is 12.1. The van der Waals surface area contributed by atoms with Gasteiger partial charge in [-0.2, -0.15) is 16.1 Å². The van der Waals surface area contributed by atoms with Crippen LogP contribution in [-0.4, -0.2) is 47.0 Å². The molecule has 0 spiro atoms. The van der Waals surface area contributed by atoms with Crippen LogP contribution in [0.2, 0.25) is 0 Å². The minimum atomic E-state index is -3.51. The number of hydrogen-bond acceptors (Lipinski definition) is 7. The van der Waals surface area contributed by atoms with Crippen LogP contribution in [0.25, 0.3) is 0 Å². The lowest BCUT2D eigenvalue weighted by Gasteiger charge is -2.30. The molecular formula is C7H12N4O2S3. The van der Waals surface area contributed by atoms with Crippen LogP contribution in [0.5, 0.6) is 0 Å². The summed E-state index contributed by atoms with van der Waals surface area (Å²) in [6, 6.07) is -0.00567. The van der Waals surface area contributed by atoms with Crippen molar-refractivity contribution in [1.29, 1.82) is 0 Å².